The molecule has 0 saturated carbocycles. The number of aliphatic hydroxyl groups excluding tert-OH is 3. The summed E-state index contributed by atoms with van der Waals surface area (Å²) in [5.74, 6) is -0.752. The molecule has 1 aliphatic rings. The van der Waals surface area contributed by atoms with Gasteiger partial charge in [0, 0.05) is 12.8 Å². The maximum Gasteiger partial charge on any atom is 0.303 e. The topological polar surface area (TPSA) is 107 Å². The first-order valence-corrected chi connectivity index (χ1v) is 9.03. The molecule has 140 valence electrons. The number of carbonyl (C=O) groups is 1. The van der Waals surface area contributed by atoms with Gasteiger partial charge in [-0.3, -0.25) is 4.79 Å². The van der Waals surface area contributed by atoms with E-state index in [-0.39, 0.29) is 12.5 Å². The van der Waals surface area contributed by atoms with Crippen LogP contribution in [0.1, 0.15) is 64.7 Å². The lowest BCUT2D eigenvalue weighted by Gasteiger charge is -2.16. The highest BCUT2D eigenvalue weighted by Crippen LogP contribution is 2.25. The maximum absolute atomic E-state index is 10.4. The number of ether oxygens (including phenoxy) is 1. The van der Waals surface area contributed by atoms with E-state index in [1.54, 1.807) is 12.2 Å². The van der Waals surface area contributed by atoms with Crippen LogP contribution in [0.25, 0.3) is 0 Å². The summed E-state index contributed by atoms with van der Waals surface area (Å²) >= 11 is 0. The van der Waals surface area contributed by atoms with Crippen LogP contribution in [0.3, 0.4) is 0 Å². The highest BCUT2D eigenvalue weighted by atomic mass is 16.5. The molecule has 0 aliphatic carbocycles. The monoisotopic (exact) mass is 344 g/mol. The molecule has 1 heterocycles. The van der Waals surface area contributed by atoms with Gasteiger partial charge in [0.15, 0.2) is 0 Å². The Labute approximate surface area is 144 Å². The summed E-state index contributed by atoms with van der Waals surface area (Å²) in [7, 11) is 0. The fourth-order valence-corrected chi connectivity index (χ4v) is 2.97. The molecule has 6 nitrogen and oxygen atoms in total. The molecule has 5 atom stereocenters. The highest BCUT2D eigenvalue weighted by Gasteiger charge is 2.35. The zero-order valence-electron chi connectivity index (χ0n) is 14.5. The Morgan fingerprint density at radius 3 is 2.46 bits per heavy atom. The maximum atomic E-state index is 10.4. The smallest absolute Gasteiger partial charge is 0.303 e. The number of aliphatic hydroxyl groups is 3. The number of unbranched alkanes of at least 4 members (excludes halogenated alkanes) is 4. The molecule has 4 N–H and O–H groups in total. The van der Waals surface area contributed by atoms with E-state index in [0.717, 1.165) is 25.7 Å². The molecule has 0 unspecified atom stereocenters. The van der Waals surface area contributed by atoms with E-state index in [0.29, 0.717) is 25.7 Å². The fourth-order valence-electron chi connectivity index (χ4n) is 2.97. The van der Waals surface area contributed by atoms with Gasteiger partial charge < -0.3 is 25.2 Å². The summed E-state index contributed by atoms with van der Waals surface area (Å²) in [6.07, 6.45) is 6.92. The molecule has 1 aliphatic heterocycles. The van der Waals surface area contributed by atoms with Gasteiger partial charge in [-0.05, 0) is 19.3 Å². The Bertz CT molecular complexity index is 384. The van der Waals surface area contributed by atoms with Crippen molar-refractivity contribution in [3.63, 3.8) is 0 Å². The van der Waals surface area contributed by atoms with E-state index in [1.165, 1.54) is 0 Å². The van der Waals surface area contributed by atoms with Crippen LogP contribution in [0.5, 0.6) is 0 Å². The Morgan fingerprint density at radius 2 is 1.83 bits per heavy atom. The Morgan fingerprint density at radius 1 is 1.17 bits per heavy atom. The van der Waals surface area contributed by atoms with Crippen molar-refractivity contribution in [2.45, 2.75) is 95.2 Å². The van der Waals surface area contributed by atoms with Crippen LogP contribution >= 0.6 is 0 Å². The van der Waals surface area contributed by atoms with Crippen molar-refractivity contribution in [2.75, 3.05) is 0 Å². The molecule has 6 heteroatoms. The second-order valence-corrected chi connectivity index (χ2v) is 6.57. The third-order valence-electron chi connectivity index (χ3n) is 4.46. The van der Waals surface area contributed by atoms with Gasteiger partial charge in [0.25, 0.3) is 0 Å². The van der Waals surface area contributed by atoms with Crippen LogP contribution in [0.15, 0.2) is 12.2 Å². The number of rotatable bonds is 12. The molecular weight excluding hydrogens is 312 g/mol. The van der Waals surface area contributed by atoms with Crippen LogP contribution in [0.4, 0.5) is 0 Å². The molecule has 0 spiro atoms. The first kappa shape index (κ1) is 21.1. The van der Waals surface area contributed by atoms with Gasteiger partial charge in [0.1, 0.15) is 0 Å². The first-order chi connectivity index (χ1) is 11.4. The lowest BCUT2D eigenvalue weighted by Crippen LogP contribution is -2.24. The lowest BCUT2D eigenvalue weighted by molar-refractivity contribution is -0.137. The van der Waals surface area contributed by atoms with Crippen molar-refractivity contribution < 1.29 is 30.0 Å². The van der Waals surface area contributed by atoms with Gasteiger partial charge in [0.2, 0.25) is 0 Å². The van der Waals surface area contributed by atoms with Crippen molar-refractivity contribution >= 4 is 5.97 Å². The summed E-state index contributed by atoms with van der Waals surface area (Å²) in [5, 5.41) is 38.3. The zero-order chi connectivity index (χ0) is 17.9. The molecule has 0 radical (unpaired) electrons. The molecule has 0 aromatic rings. The number of hydrogen-bond donors (Lipinski definition) is 4. The predicted molar refractivity (Wildman–Crippen MR) is 90.7 cm³/mol. The first-order valence-electron chi connectivity index (χ1n) is 9.03. The predicted octanol–water partition coefficient (Wildman–Crippen LogP) is 2.01. The molecule has 1 rings (SSSR count). The van der Waals surface area contributed by atoms with Gasteiger partial charge in [-0.1, -0.05) is 44.8 Å². The third-order valence-corrected chi connectivity index (χ3v) is 4.46. The average Bonchev–Trinajstić information content (AvgIpc) is 2.92. The quantitative estimate of drug-likeness (QED) is 0.319. The third kappa shape index (κ3) is 8.24. The minimum atomic E-state index is -0.818. The second kappa shape index (κ2) is 11.6. The lowest BCUT2D eigenvalue weighted by atomic mass is 10.0. The van der Waals surface area contributed by atoms with Crippen molar-refractivity contribution in [1.82, 2.24) is 0 Å². The summed E-state index contributed by atoms with van der Waals surface area (Å²) in [4.78, 5) is 10.4. The molecule has 1 saturated heterocycles. The minimum absolute atomic E-state index is 0.218. The zero-order valence-corrected chi connectivity index (χ0v) is 14.5. The van der Waals surface area contributed by atoms with E-state index in [9.17, 15) is 20.1 Å². The molecule has 0 aromatic carbocycles. The number of carboxylic acid groups (broad SMARTS) is 1. The van der Waals surface area contributed by atoms with Crippen molar-refractivity contribution in [2.24, 2.45) is 0 Å². The Balaban J connectivity index is 2.12. The van der Waals surface area contributed by atoms with E-state index in [1.807, 2.05) is 6.92 Å². The standard InChI is InChI=1S/C18H32O6/c1-2-16-15(21)12-17(24-16)14(20)11-10-13(19)8-6-4-3-5-7-9-18(22)23/h10-11,13-17,19-21H,2-9,12H2,1H3,(H,22,23)/b11-10+/t13-,14+,15+,16-,17+/m0/s1. The largest absolute Gasteiger partial charge is 0.481 e. The molecular formula is C18H32O6. The van der Waals surface area contributed by atoms with Gasteiger partial charge in [-0.25, -0.2) is 0 Å². The van der Waals surface area contributed by atoms with Crippen molar-refractivity contribution in [3.05, 3.63) is 12.2 Å². The summed E-state index contributed by atoms with van der Waals surface area (Å²) in [6, 6.07) is 0. The van der Waals surface area contributed by atoms with Gasteiger partial charge >= 0.3 is 5.97 Å². The summed E-state index contributed by atoms with van der Waals surface area (Å²) < 4.78 is 5.60. The molecule has 0 aromatic heterocycles. The molecule has 24 heavy (non-hydrogen) atoms. The van der Waals surface area contributed by atoms with Crippen LogP contribution < -0.4 is 0 Å². The van der Waals surface area contributed by atoms with Crippen LogP contribution in [-0.4, -0.2) is 56.9 Å². The molecule has 0 bridgehead atoms. The van der Waals surface area contributed by atoms with E-state index < -0.39 is 30.4 Å². The summed E-state index contributed by atoms with van der Waals surface area (Å²) in [5.41, 5.74) is 0. The van der Waals surface area contributed by atoms with E-state index in [2.05, 4.69) is 0 Å². The fraction of sp³-hybridized carbons (Fsp3) is 0.833. The molecule has 1 fully saturated rings. The van der Waals surface area contributed by atoms with Crippen LogP contribution in [0, 0.1) is 0 Å². The number of hydrogen-bond acceptors (Lipinski definition) is 5. The van der Waals surface area contributed by atoms with Crippen molar-refractivity contribution in [3.8, 4) is 0 Å². The van der Waals surface area contributed by atoms with E-state index in [4.69, 9.17) is 9.84 Å². The average molecular weight is 344 g/mol. The second-order valence-electron chi connectivity index (χ2n) is 6.57. The minimum Gasteiger partial charge on any atom is -0.481 e. The van der Waals surface area contributed by atoms with Crippen LogP contribution in [0.2, 0.25) is 0 Å². The number of carboxylic acids is 1. The van der Waals surface area contributed by atoms with Gasteiger partial charge in [-0.2, -0.15) is 0 Å². The summed E-state index contributed by atoms with van der Waals surface area (Å²) in [6.45, 7) is 1.93. The molecule has 0 amide bonds. The highest BCUT2D eigenvalue weighted by molar-refractivity contribution is 5.66. The Kier molecular flexibility index (Phi) is 10.2. The van der Waals surface area contributed by atoms with Crippen molar-refractivity contribution in [1.29, 1.82) is 0 Å². The van der Waals surface area contributed by atoms with Gasteiger partial charge in [0.05, 0.1) is 30.5 Å². The normalized spacial score (nSPS) is 26.8. The van der Waals surface area contributed by atoms with Crippen LogP contribution in [-0.2, 0) is 9.53 Å². The van der Waals surface area contributed by atoms with E-state index >= 15 is 0 Å². The van der Waals surface area contributed by atoms with Gasteiger partial charge in [-0.15, -0.1) is 0 Å². The SMILES string of the molecule is CC[C@@H]1O[C@@H]([C@H](O)/C=C/[C@@H](O)CCCCCCCC(=O)O)C[C@H]1O. The number of aliphatic carboxylic acids is 1. The Hall–Kier alpha value is -0.950.